The Kier molecular flexibility index (Phi) is 5.06. The normalized spacial score (nSPS) is 9.53. The summed E-state index contributed by atoms with van der Waals surface area (Å²) >= 11 is 0. The first-order chi connectivity index (χ1) is 7.36. The number of rotatable bonds is 7. The average Bonchev–Trinajstić information content (AvgIpc) is 2.71. The largest absolute Gasteiger partial charge is 0.502 e. The molecular weight excluding hydrogens is 192 g/mol. The Bertz CT molecular complexity index is 339. The molecule has 0 saturated heterocycles. The van der Waals surface area contributed by atoms with Crippen molar-refractivity contribution in [1.29, 1.82) is 5.26 Å². The summed E-state index contributed by atoms with van der Waals surface area (Å²) in [7, 11) is 0. The van der Waals surface area contributed by atoms with Crippen LogP contribution >= 0.6 is 0 Å². The molecule has 0 saturated carbocycles. The molecule has 0 aromatic carbocycles. The smallest absolute Gasteiger partial charge is 0.203 e. The van der Waals surface area contributed by atoms with Gasteiger partial charge in [-0.2, -0.15) is 5.26 Å². The van der Waals surface area contributed by atoms with Crippen molar-refractivity contribution in [2.45, 2.75) is 13.0 Å². The van der Waals surface area contributed by atoms with E-state index in [1.54, 1.807) is 12.1 Å². The summed E-state index contributed by atoms with van der Waals surface area (Å²) in [6.45, 7) is 5.59. The summed E-state index contributed by atoms with van der Waals surface area (Å²) < 4.78 is 10.2. The molecule has 80 valence electrons. The Labute approximate surface area is 89.1 Å². The van der Waals surface area contributed by atoms with Crippen LogP contribution in [0, 0.1) is 11.3 Å². The van der Waals surface area contributed by atoms with Crippen LogP contribution in [0.3, 0.4) is 0 Å². The minimum atomic E-state index is 0.349. The van der Waals surface area contributed by atoms with Gasteiger partial charge in [0.15, 0.2) is 0 Å². The number of ether oxygens (including phenoxy) is 1. The maximum absolute atomic E-state index is 8.53. The van der Waals surface area contributed by atoms with Crippen LogP contribution in [0.5, 0.6) is 0 Å². The molecule has 0 bridgehead atoms. The van der Waals surface area contributed by atoms with Crippen molar-refractivity contribution < 1.29 is 9.15 Å². The average molecular weight is 206 g/mol. The second-order valence-electron chi connectivity index (χ2n) is 2.95. The van der Waals surface area contributed by atoms with Gasteiger partial charge in [-0.3, -0.25) is 0 Å². The van der Waals surface area contributed by atoms with E-state index in [0.29, 0.717) is 18.9 Å². The minimum absolute atomic E-state index is 0.349. The predicted molar refractivity (Wildman–Crippen MR) is 55.9 cm³/mol. The Morgan fingerprint density at radius 3 is 3.13 bits per heavy atom. The fourth-order valence-corrected chi connectivity index (χ4v) is 1.11. The van der Waals surface area contributed by atoms with Gasteiger partial charge in [-0.05, 0) is 25.1 Å². The van der Waals surface area contributed by atoms with Crippen LogP contribution in [0.15, 0.2) is 29.4 Å². The second kappa shape index (κ2) is 6.68. The number of hydrogen-bond donors (Lipinski definition) is 1. The van der Waals surface area contributed by atoms with Crippen LogP contribution in [0.4, 0.5) is 0 Å². The van der Waals surface area contributed by atoms with Gasteiger partial charge in [0, 0.05) is 0 Å². The van der Waals surface area contributed by atoms with Crippen molar-refractivity contribution in [1.82, 2.24) is 5.32 Å². The van der Waals surface area contributed by atoms with Gasteiger partial charge in [-0.25, -0.2) is 0 Å². The molecule has 1 N–H and O–H groups in total. The molecule has 0 amide bonds. The molecule has 0 radical (unpaired) electrons. The first kappa shape index (κ1) is 11.3. The lowest BCUT2D eigenvalue weighted by molar-refractivity contribution is 0.244. The van der Waals surface area contributed by atoms with Gasteiger partial charge in [0.25, 0.3) is 0 Å². The Morgan fingerprint density at radius 1 is 1.60 bits per heavy atom. The summed E-state index contributed by atoms with van der Waals surface area (Å²) in [5.74, 6) is 1.12. The topological polar surface area (TPSA) is 58.2 Å². The highest BCUT2D eigenvalue weighted by atomic mass is 16.5. The highest BCUT2D eigenvalue weighted by Gasteiger charge is 1.99. The van der Waals surface area contributed by atoms with Crippen molar-refractivity contribution in [2.24, 2.45) is 0 Å². The molecule has 15 heavy (non-hydrogen) atoms. The Hall–Kier alpha value is -1.73. The van der Waals surface area contributed by atoms with Gasteiger partial charge in [0.1, 0.15) is 11.8 Å². The van der Waals surface area contributed by atoms with E-state index in [1.807, 2.05) is 6.07 Å². The van der Waals surface area contributed by atoms with Gasteiger partial charge in [-0.15, -0.1) is 0 Å². The van der Waals surface area contributed by atoms with Crippen LogP contribution in [0.1, 0.15) is 17.9 Å². The first-order valence-electron chi connectivity index (χ1n) is 4.79. The SMILES string of the molecule is C=COCCCNCc1ccc(C#N)o1. The highest BCUT2D eigenvalue weighted by molar-refractivity contribution is 5.18. The lowest BCUT2D eigenvalue weighted by Crippen LogP contribution is -2.15. The Balaban J connectivity index is 2.10. The van der Waals surface area contributed by atoms with Gasteiger partial charge >= 0.3 is 0 Å². The molecule has 0 aliphatic carbocycles. The number of nitriles is 1. The fourth-order valence-electron chi connectivity index (χ4n) is 1.11. The van der Waals surface area contributed by atoms with Crippen LogP contribution in [0.25, 0.3) is 0 Å². The number of furan rings is 1. The molecule has 1 rings (SSSR count). The lowest BCUT2D eigenvalue weighted by Gasteiger charge is -2.02. The van der Waals surface area contributed by atoms with Gasteiger partial charge in [-0.1, -0.05) is 6.58 Å². The number of hydrogen-bond acceptors (Lipinski definition) is 4. The summed E-state index contributed by atoms with van der Waals surface area (Å²) in [4.78, 5) is 0. The summed E-state index contributed by atoms with van der Waals surface area (Å²) in [5.41, 5.74) is 0. The second-order valence-corrected chi connectivity index (χ2v) is 2.95. The zero-order chi connectivity index (χ0) is 10.9. The predicted octanol–water partition coefficient (Wildman–Crippen LogP) is 1.79. The van der Waals surface area contributed by atoms with E-state index in [2.05, 4.69) is 11.9 Å². The molecule has 0 aliphatic heterocycles. The maximum Gasteiger partial charge on any atom is 0.203 e. The fraction of sp³-hybridized carbons (Fsp3) is 0.364. The van der Waals surface area contributed by atoms with Crippen molar-refractivity contribution in [3.8, 4) is 6.07 Å². The van der Waals surface area contributed by atoms with E-state index >= 15 is 0 Å². The van der Waals surface area contributed by atoms with Crippen LogP contribution in [-0.2, 0) is 11.3 Å². The van der Waals surface area contributed by atoms with E-state index in [0.717, 1.165) is 18.7 Å². The maximum atomic E-state index is 8.53. The Morgan fingerprint density at radius 2 is 2.47 bits per heavy atom. The molecule has 0 aliphatic rings. The van der Waals surface area contributed by atoms with Crippen LogP contribution < -0.4 is 5.32 Å². The summed E-state index contributed by atoms with van der Waals surface area (Å²) in [5, 5.41) is 11.7. The quantitative estimate of drug-likeness (QED) is 0.546. The number of nitrogens with one attached hydrogen (secondary N) is 1. The van der Waals surface area contributed by atoms with Crippen molar-refractivity contribution in [2.75, 3.05) is 13.2 Å². The van der Waals surface area contributed by atoms with Crippen LogP contribution in [0.2, 0.25) is 0 Å². The number of nitrogens with zero attached hydrogens (tertiary/aromatic N) is 1. The standard InChI is InChI=1S/C11H14N2O2/c1-2-14-7-3-6-13-9-11-5-4-10(8-12)15-11/h2,4-5,13H,1,3,6-7,9H2. The van der Waals surface area contributed by atoms with Gasteiger partial charge < -0.3 is 14.5 Å². The molecular formula is C11H14N2O2. The van der Waals surface area contributed by atoms with Crippen molar-refractivity contribution in [3.05, 3.63) is 36.5 Å². The van der Waals surface area contributed by atoms with Crippen molar-refractivity contribution in [3.63, 3.8) is 0 Å². The summed E-state index contributed by atoms with van der Waals surface area (Å²) in [6, 6.07) is 5.40. The van der Waals surface area contributed by atoms with Crippen molar-refractivity contribution >= 4 is 0 Å². The van der Waals surface area contributed by atoms with E-state index in [-0.39, 0.29) is 0 Å². The molecule has 0 atom stereocenters. The van der Waals surface area contributed by atoms with Gasteiger partial charge in [0.05, 0.1) is 19.4 Å². The van der Waals surface area contributed by atoms with E-state index < -0.39 is 0 Å². The molecule has 1 aromatic rings. The minimum Gasteiger partial charge on any atom is -0.502 e. The third kappa shape index (κ3) is 4.34. The van der Waals surface area contributed by atoms with Crippen LogP contribution in [-0.4, -0.2) is 13.2 Å². The van der Waals surface area contributed by atoms with E-state index in [1.165, 1.54) is 6.26 Å². The van der Waals surface area contributed by atoms with E-state index in [4.69, 9.17) is 14.4 Å². The van der Waals surface area contributed by atoms with E-state index in [9.17, 15) is 0 Å². The molecule has 0 fully saturated rings. The monoisotopic (exact) mass is 206 g/mol. The molecule has 0 spiro atoms. The lowest BCUT2D eigenvalue weighted by atomic mass is 10.4. The molecule has 0 unspecified atom stereocenters. The third-order valence-corrected chi connectivity index (χ3v) is 1.80. The zero-order valence-corrected chi connectivity index (χ0v) is 8.53. The molecule has 1 heterocycles. The third-order valence-electron chi connectivity index (χ3n) is 1.80. The van der Waals surface area contributed by atoms with Gasteiger partial charge in [0.2, 0.25) is 5.76 Å². The first-order valence-corrected chi connectivity index (χ1v) is 4.79. The molecule has 4 nitrogen and oxygen atoms in total. The molecule has 4 heteroatoms. The summed E-state index contributed by atoms with van der Waals surface area (Å²) in [6.07, 6.45) is 2.35. The molecule has 1 aromatic heterocycles. The zero-order valence-electron chi connectivity index (χ0n) is 8.53. The highest BCUT2D eigenvalue weighted by Crippen LogP contribution is 2.05.